The van der Waals surface area contributed by atoms with Crippen molar-refractivity contribution in [2.45, 2.75) is 13.2 Å². The van der Waals surface area contributed by atoms with Gasteiger partial charge in [-0.1, -0.05) is 11.6 Å². The van der Waals surface area contributed by atoms with E-state index in [4.69, 9.17) is 21.1 Å². The van der Waals surface area contributed by atoms with Crippen LogP contribution in [0.15, 0.2) is 35.1 Å². The molecule has 0 saturated heterocycles. The molecule has 2 rings (SSSR count). The van der Waals surface area contributed by atoms with E-state index in [1.54, 1.807) is 19.5 Å². The van der Waals surface area contributed by atoms with Crippen molar-refractivity contribution in [3.05, 3.63) is 51.2 Å². The first-order chi connectivity index (χ1) is 10.1. The smallest absolute Gasteiger partial charge is 0.180 e. The highest BCUT2D eigenvalue weighted by atomic mass is 79.9. The summed E-state index contributed by atoms with van der Waals surface area (Å²) < 4.78 is 12.1. The molecule has 1 heterocycles. The molecule has 0 amide bonds. The average Bonchev–Trinajstić information content (AvgIpc) is 2.46. The van der Waals surface area contributed by atoms with Gasteiger partial charge in [0.05, 0.1) is 12.1 Å². The van der Waals surface area contributed by atoms with Crippen LogP contribution in [0.5, 0.6) is 11.5 Å². The normalized spacial score (nSPS) is 10.5. The van der Waals surface area contributed by atoms with E-state index in [0.29, 0.717) is 29.7 Å². The van der Waals surface area contributed by atoms with Crippen molar-refractivity contribution in [3.63, 3.8) is 0 Å². The quantitative estimate of drug-likeness (QED) is 0.838. The van der Waals surface area contributed by atoms with Crippen LogP contribution in [0.2, 0.25) is 5.02 Å². The molecule has 1 N–H and O–H groups in total. The van der Waals surface area contributed by atoms with Crippen LogP contribution in [-0.4, -0.2) is 19.1 Å². The van der Waals surface area contributed by atoms with Crippen molar-refractivity contribution in [3.8, 4) is 11.5 Å². The van der Waals surface area contributed by atoms with Crippen LogP contribution in [0.3, 0.4) is 0 Å². The zero-order valence-corrected chi connectivity index (χ0v) is 14.2. The van der Waals surface area contributed by atoms with Gasteiger partial charge in [-0.25, -0.2) is 0 Å². The molecule has 0 aliphatic carbocycles. The fraction of sp³-hybridized carbons (Fsp3) is 0.267. The van der Waals surface area contributed by atoms with Crippen LogP contribution in [0.4, 0.5) is 0 Å². The summed E-state index contributed by atoms with van der Waals surface area (Å²) >= 11 is 9.67. The van der Waals surface area contributed by atoms with E-state index in [2.05, 4.69) is 26.2 Å². The second kappa shape index (κ2) is 7.64. The Bertz CT molecular complexity index is 623. The van der Waals surface area contributed by atoms with E-state index in [9.17, 15) is 0 Å². The number of hydrogen-bond donors (Lipinski definition) is 1. The number of rotatable bonds is 6. The van der Waals surface area contributed by atoms with Gasteiger partial charge in [0.25, 0.3) is 0 Å². The second-order valence-electron chi connectivity index (χ2n) is 4.44. The Morgan fingerprint density at radius 1 is 1.24 bits per heavy atom. The van der Waals surface area contributed by atoms with E-state index in [1.165, 1.54) is 0 Å². The minimum absolute atomic E-state index is 0.369. The molecule has 0 aliphatic heterocycles. The minimum atomic E-state index is 0.369. The van der Waals surface area contributed by atoms with Crippen molar-refractivity contribution in [2.24, 2.45) is 0 Å². The molecule has 0 saturated carbocycles. The Morgan fingerprint density at radius 3 is 2.71 bits per heavy atom. The van der Waals surface area contributed by atoms with E-state index in [1.807, 2.05) is 25.2 Å². The number of nitrogens with one attached hydrogen (secondary N) is 1. The van der Waals surface area contributed by atoms with Gasteiger partial charge in [0, 0.05) is 29.0 Å². The fourth-order valence-corrected chi connectivity index (χ4v) is 2.61. The summed E-state index contributed by atoms with van der Waals surface area (Å²) in [6.07, 6.45) is 3.48. The summed E-state index contributed by atoms with van der Waals surface area (Å²) in [7, 11) is 3.48. The monoisotopic (exact) mass is 370 g/mol. The highest BCUT2D eigenvalue weighted by Gasteiger charge is 2.12. The molecule has 21 heavy (non-hydrogen) atoms. The average molecular weight is 372 g/mol. The lowest BCUT2D eigenvalue weighted by Crippen LogP contribution is -2.06. The van der Waals surface area contributed by atoms with Crippen LogP contribution in [0.1, 0.15) is 11.1 Å². The van der Waals surface area contributed by atoms with E-state index >= 15 is 0 Å². The first-order valence-electron chi connectivity index (χ1n) is 6.37. The Hall–Kier alpha value is -1.30. The van der Waals surface area contributed by atoms with Crippen molar-refractivity contribution >= 4 is 27.5 Å². The number of aromatic nitrogens is 1. The first kappa shape index (κ1) is 16.1. The van der Waals surface area contributed by atoms with E-state index in [-0.39, 0.29) is 0 Å². The maximum atomic E-state index is 6.29. The van der Waals surface area contributed by atoms with Crippen LogP contribution < -0.4 is 14.8 Å². The van der Waals surface area contributed by atoms with Gasteiger partial charge in [0.2, 0.25) is 0 Å². The van der Waals surface area contributed by atoms with Gasteiger partial charge in [-0.2, -0.15) is 0 Å². The Morgan fingerprint density at radius 2 is 2.05 bits per heavy atom. The molecule has 1 aromatic heterocycles. The second-order valence-corrected chi connectivity index (χ2v) is 5.76. The topological polar surface area (TPSA) is 43.4 Å². The maximum absolute atomic E-state index is 6.29. The Kier molecular flexibility index (Phi) is 5.85. The molecule has 6 heteroatoms. The Balaban J connectivity index is 2.19. The lowest BCUT2D eigenvalue weighted by atomic mass is 10.2. The standard InChI is InChI=1S/C15H16BrClN2O2/c1-18-6-10-4-13(17)15(14(5-10)20-2)21-9-11-3-12(16)8-19-7-11/h3-5,7-8,18H,6,9H2,1-2H3. The predicted octanol–water partition coefficient (Wildman–Crippen LogP) is 3.80. The summed E-state index contributed by atoms with van der Waals surface area (Å²) in [4.78, 5) is 4.10. The number of hydrogen-bond acceptors (Lipinski definition) is 4. The largest absolute Gasteiger partial charge is 0.493 e. The zero-order valence-electron chi connectivity index (χ0n) is 11.8. The van der Waals surface area contributed by atoms with Gasteiger partial charge in [0.1, 0.15) is 6.61 Å². The third-order valence-electron chi connectivity index (χ3n) is 2.81. The first-order valence-corrected chi connectivity index (χ1v) is 7.54. The van der Waals surface area contributed by atoms with Gasteiger partial charge < -0.3 is 14.8 Å². The van der Waals surface area contributed by atoms with Crippen LogP contribution >= 0.6 is 27.5 Å². The summed E-state index contributed by atoms with van der Waals surface area (Å²) in [6, 6.07) is 5.73. The predicted molar refractivity (Wildman–Crippen MR) is 87.0 cm³/mol. The van der Waals surface area contributed by atoms with Gasteiger partial charge in [-0.15, -0.1) is 0 Å². The molecular formula is C15H16BrClN2O2. The minimum Gasteiger partial charge on any atom is -0.493 e. The van der Waals surface area contributed by atoms with E-state index < -0.39 is 0 Å². The SMILES string of the molecule is CNCc1cc(Cl)c(OCc2cncc(Br)c2)c(OC)c1. The van der Waals surface area contributed by atoms with E-state index in [0.717, 1.165) is 15.6 Å². The molecule has 0 aliphatic rings. The number of nitrogens with zero attached hydrogens (tertiary/aromatic N) is 1. The van der Waals surface area contributed by atoms with Crippen molar-refractivity contribution in [1.82, 2.24) is 10.3 Å². The summed E-state index contributed by atoms with van der Waals surface area (Å²) in [5, 5.41) is 3.61. The number of benzene rings is 1. The number of pyridine rings is 1. The number of ether oxygens (including phenoxy) is 2. The van der Waals surface area contributed by atoms with Crippen molar-refractivity contribution in [1.29, 1.82) is 0 Å². The van der Waals surface area contributed by atoms with Gasteiger partial charge >= 0.3 is 0 Å². The Labute approximate surface area is 137 Å². The van der Waals surface area contributed by atoms with Crippen molar-refractivity contribution in [2.75, 3.05) is 14.2 Å². The zero-order chi connectivity index (χ0) is 15.2. The molecule has 0 unspecified atom stereocenters. The molecule has 1 aromatic carbocycles. The molecule has 0 bridgehead atoms. The highest BCUT2D eigenvalue weighted by molar-refractivity contribution is 9.10. The van der Waals surface area contributed by atoms with Crippen LogP contribution in [-0.2, 0) is 13.2 Å². The van der Waals surface area contributed by atoms with Crippen molar-refractivity contribution < 1.29 is 9.47 Å². The molecular weight excluding hydrogens is 356 g/mol. The van der Waals surface area contributed by atoms with Gasteiger partial charge in [0.15, 0.2) is 11.5 Å². The van der Waals surface area contributed by atoms with Gasteiger partial charge in [-0.3, -0.25) is 4.98 Å². The summed E-state index contributed by atoms with van der Waals surface area (Å²) in [6.45, 7) is 1.08. The van der Waals surface area contributed by atoms with Gasteiger partial charge in [-0.05, 0) is 46.7 Å². The fourth-order valence-electron chi connectivity index (χ4n) is 1.91. The molecule has 0 atom stereocenters. The summed E-state index contributed by atoms with van der Waals surface area (Å²) in [5.74, 6) is 1.16. The lowest BCUT2D eigenvalue weighted by Gasteiger charge is -2.14. The third-order valence-corrected chi connectivity index (χ3v) is 3.53. The molecule has 4 nitrogen and oxygen atoms in total. The third kappa shape index (κ3) is 4.33. The number of methoxy groups -OCH3 is 1. The number of halogens is 2. The molecule has 112 valence electrons. The molecule has 0 spiro atoms. The summed E-state index contributed by atoms with van der Waals surface area (Å²) in [5.41, 5.74) is 1.98. The molecule has 0 fully saturated rings. The maximum Gasteiger partial charge on any atom is 0.180 e. The van der Waals surface area contributed by atoms with Crippen LogP contribution in [0, 0.1) is 0 Å². The molecule has 2 aromatic rings. The lowest BCUT2D eigenvalue weighted by molar-refractivity contribution is 0.284. The van der Waals surface area contributed by atoms with Crippen LogP contribution in [0.25, 0.3) is 0 Å². The highest BCUT2D eigenvalue weighted by Crippen LogP contribution is 2.37. The molecule has 0 radical (unpaired) electrons.